The van der Waals surface area contributed by atoms with Crippen molar-refractivity contribution in [2.75, 3.05) is 24.5 Å². The van der Waals surface area contributed by atoms with Gasteiger partial charge in [-0.3, -0.25) is 14.5 Å². The third-order valence-electron chi connectivity index (χ3n) is 4.81. The Labute approximate surface area is 230 Å². The molecule has 3 N–H and O–H groups in total. The number of alkyl halides is 3. The van der Waals surface area contributed by atoms with Gasteiger partial charge in [-0.15, -0.1) is 11.3 Å². The summed E-state index contributed by atoms with van der Waals surface area (Å²) in [6.45, 7) is -1.78. The zero-order chi connectivity index (χ0) is 27.9. The van der Waals surface area contributed by atoms with Crippen LogP contribution in [0, 0.1) is 0 Å². The lowest BCUT2D eigenvalue weighted by Crippen LogP contribution is -2.45. The number of amides is 2. The molecule has 0 saturated carbocycles. The molecule has 0 fully saturated rings. The molecular formula is C22H20Cl2F3N5O4S2. The van der Waals surface area contributed by atoms with Gasteiger partial charge in [0, 0.05) is 34.7 Å². The predicted octanol–water partition coefficient (Wildman–Crippen LogP) is 3.80. The number of rotatable bonds is 11. The summed E-state index contributed by atoms with van der Waals surface area (Å²) in [4.78, 5) is 28.4. The quantitative estimate of drug-likeness (QED) is 0.284. The topological polar surface area (TPSA) is 120 Å². The molecule has 0 spiro atoms. The maximum atomic E-state index is 13.4. The van der Waals surface area contributed by atoms with E-state index in [2.05, 4.69) is 20.3 Å². The molecule has 2 heterocycles. The summed E-state index contributed by atoms with van der Waals surface area (Å²) < 4.78 is 67.2. The molecule has 3 aromatic rings. The first kappa shape index (κ1) is 29.6. The number of carbonyl (C=O) groups is 2. The number of hydrogen-bond donors (Lipinski definition) is 3. The summed E-state index contributed by atoms with van der Waals surface area (Å²) in [5, 5.41) is 5.15. The number of sulfonamides is 1. The van der Waals surface area contributed by atoms with Crippen molar-refractivity contribution in [3.8, 4) is 0 Å². The third-order valence-corrected chi connectivity index (χ3v) is 8.34. The van der Waals surface area contributed by atoms with E-state index in [-0.39, 0.29) is 26.6 Å². The monoisotopic (exact) mass is 609 g/mol. The SMILES string of the molecule is O=C(CNS(=O)(=O)c1ccc(CNC(=O)c2ccc(Cl)cc2)s1)NCCN(c1ncccc1Cl)C(F)(F)F. The minimum absolute atomic E-state index is 0.0291. The number of aromatic nitrogens is 1. The summed E-state index contributed by atoms with van der Waals surface area (Å²) in [7, 11) is -4.08. The largest absolute Gasteiger partial charge is 0.486 e. The highest BCUT2D eigenvalue weighted by Gasteiger charge is 2.39. The Morgan fingerprint density at radius 1 is 1.03 bits per heavy atom. The highest BCUT2D eigenvalue weighted by atomic mass is 35.5. The molecule has 2 amide bonds. The van der Waals surface area contributed by atoms with Crippen LogP contribution in [0.1, 0.15) is 15.2 Å². The number of hydrogen-bond acceptors (Lipinski definition) is 7. The lowest BCUT2D eigenvalue weighted by atomic mass is 10.2. The number of halogens is 5. The summed E-state index contributed by atoms with van der Waals surface area (Å²) >= 11 is 12.5. The fourth-order valence-corrected chi connectivity index (χ4v) is 5.67. The Bertz CT molecular complexity index is 1390. The molecule has 3 rings (SSSR count). The molecular weight excluding hydrogens is 590 g/mol. The van der Waals surface area contributed by atoms with E-state index in [1.165, 1.54) is 24.3 Å². The second-order valence-corrected chi connectivity index (χ2v) is 11.5. The molecule has 0 saturated heterocycles. The predicted molar refractivity (Wildman–Crippen MR) is 138 cm³/mol. The number of anilines is 1. The van der Waals surface area contributed by atoms with Crippen molar-refractivity contribution < 1.29 is 31.2 Å². The molecule has 38 heavy (non-hydrogen) atoms. The van der Waals surface area contributed by atoms with E-state index in [1.807, 2.05) is 0 Å². The highest BCUT2D eigenvalue weighted by molar-refractivity contribution is 7.91. The van der Waals surface area contributed by atoms with Crippen LogP contribution in [0.3, 0.4) is 0 Å². The van der Waals surface area contributed by atoms with Crippen LogP contribution in [0.2, 0.25) is 10.0 Å². The van der Waals surface area contributed by atoms with Crippen molar-refractivity contribution in [3.05, 3.63) is 75.2 Å². The van der Waals surface area contributed by atoms with Gasteiger partial charge in [0.15, 0.2) is 5.82 Å². The second-order valence-electron chi connectivity index (χ2n) is 7.51. The molecule has 16 heteroatoms. The van der Waals surface area contributed by atoms with Crippen LogP contribution in [-0.4, -0.2) is 51.2 Å². The van der Waals surface area contributed by atoms with Gasteiger partial charge in [0.25, 0.3) is 15.9 Å². The van der Waals surface area contributed by atoms with Crippen molar-refractivity contribution in [1.82, 2.24) is 20.3 Å². The van der Waals surface area contributed by atoms with Gasteiger partial charge in [0.1, 0.15) is 4.21 Å². The molecule has 204 valence electrons. The van der Waals surface area contributed by atoms with Gasteiger partial charge in [-0.25, -0.2) is 18.1 Å². The normalized spacial score (nSPS) is 11.7. The van der Waals surface area contributed by atoms with Gasteiger partial charge >= 0.3 is 6.30 Å². The first-order valence-corrected chi connectivity index (χ1v) is 13.8. The minimum Gasteiger partial charge on any atom is -0.353 e. The van der Waals surface area contributed by atoms with Gasteiger partial charge < -0.3 is 10.6 Å². The average Bonchev–Trinajstić information content (AvgIpc) is 3.35. The summed E-state index contributed by atoms with van der Waals surface area (Å²) in [6, 6.07) is 11.7. The second kappa shape index (κ2) is 12.8. The van der Waals surface area contributed by atoms with Gasteiger partial charge in [0.2, 0.25) is 5.91 Å². The van der Waals surface area contributed by atoms with Gasteiger partial charge in [-0.2, -0.15) is 13.2 Å². The molecule has 0 aliphatic carbocycles. The lowest BCUT2D eigenvalue weighted by molar-refractivity contribution is -0.130. The molecule has 0 unspecified atom stereocenters. The van der Waals surface area contributed by atoms with Gasteiger partial charge in [-0.05, 0) is 48.5 Å². The summed E-state index contributed by atoms with van der Waals surface area (Å²) in [5.41, 5.74) is 0.382. The van der Waals surface area contributed by atoms with Gasteiger partial charge in [0.05, 0.1) is 18.1 Å². The van der Waals surface area contributed by atoms with Crippen LogP contribution in [0.25, 0.3) is 0 Å². The van der Waals surface area contributed by atoms with Crippen LogP contribution in [0.15, 0.2) is 58.9 Å². The Morgan fingerprint density at radius 2 is 1.74 bits per heavy atom. The number of carbonyl (C=O) groups excluding carboxylic acids is 2. The van der Waals surface area contributed by atoms with Crippen molar-refractivity contribution in [2.24, 2.45) is 0 Å². The first-order valence-electron chi connectivity index (χ1n) is 10.7. The smallest absolute Gasteiger partial charge is 0.353 e. The standard InChI is InChI=1S/C22H20Cl2F3N5O4S2/c23-15-5-3-14(4-6-15)21(34)30-12-16-7-8-19(37-16)38(35,36)31-13-18(33)28-10-11-32(22(25,26)27)20-17(24)2-1-9-29-20/h1-9,31H,10-13H2,(H,28,33)(H,30,34). The molecule has 0 aliphatic rings. The maximum Gasteiger partial charge on any atom is 0.486 e. The van der Waals surface area contributed by atoms with Crippen molar-refractivity contribution in [2.45, 2.75) is 17.1 Å². The molecule has 2 aromatic heterocycles. The van der Waals surface area contributed by atoms with E-state index in [0.29, 0.717) is 15.5 Å². The van der Waals surface area contributed by atoms with E-state index >= 15 is 0 Å². The number of pyridine rings is 1. The number of nitrogens with one attached hydrogen (secondary N) is 3. The molecule has 0 bridgehead atoms. The Hall–Kier alpha value is -2.91. The highest BCUT2D eigenvalue weighted by Crippen LogP contribution is 2.31. The van der Waals surface area contributed by atoms with Crippen LogP contribution < -0.4 is 20.3 Å². The zero-order valence-electron chi connectivity index (χ0n) is 19.3. The molecule has 0 radical (unpaired) electrons. The number of benzene rings is 1. The minimum atomic E-state index is -4.81. The fraction of sp³-hybridized carbons (Fsp3) is 0.227. The summed E-state index contributed by atoms with van der Waals surface area (Å²) in [5.74, 6) is -1.73. The van der Waals surface area contributed by atoms with Crippen molar-refractivity contribution >= 4 is 62.2 Å². The Kier molecular flexibility index (Phi) is 9.95. The fourth-order valence-electron chi connectivity index (χ4n) is 3.00. The molecule has 1 aromatic carbocycles. The Morgan fingerprint density at radius 3 is 2.39 bits per heavy atom. The maximum absolute atomic E-state index is 13.4. The van der Waals surface area contributed by atoms with Crippen LogP contribution in [0.5, 0.6) is 0 Å². The van der Waals surface area contributed by atoms with Crippen LogP contribution >= 0.6 is 34.5 Å². The van der Waals surface area contributed by atoms with Crippen molar-refractivity contribution in [1.29, 1.82) is 0 Å². The number of nitrogens with zero attached hydrogens (tertiary/aromatic N) is 2. The van der Waals surface area contributed by atoms with E-state index in [4.69, 9.17) is 23.2 Å². The molecule has 0 atom stereocenters. The summed E-state index contributed by atoms with van der Waals surface area (Å²) in [6.07, 6.45) is -3.66. The van der Waals surface area contributed by atoms with E-state index in [0.717, 1.165) is 17.5 Å². The van der Waals surface area contributed by atoms with Crippen LogP contribution in [-0.2, 0) is 21.4 Å². The van der Waals surface area contributed by atoms with Gasteiger partial charge in [-0.1, -0.05) is 23.2 Å². The van der Waals surface area contributed by atoms with E-state index in [1.54, 1.807) is 24.3 Å². The molecule has 0 aliphatic heterocycles. The third kappa shape index (κ3) is 8.30. The van der Waals surface area contributed by atoms with Crippen molar-refractivity contribution in [3.63, 3.8) is 0 Å². The Balaban J connectivity index is 1.48. The average molecular weight is 610 g/mol. The lowest BCUT2D eigenvalue weighted by Gasteiger charge is -2.26. The van der Waals surface area contributed by atoms with Crippen LogP contribution in [0.4, 0.5) is 19.0 Å². The van der Waals surface area contributed by atoms with E-state index in [9.17, 15) is 31.2 Å². The molecule has 9 nitrogen and oxygen atoms in total. The van der Waals surface area contributed by atoms with E-state index < -0.39 is 47.7 Å². The first-order chi connectivity index (χ1) is 17.9. The number of thiophene rings is 1. The zero-order valence-corrected chi connectivity index (χ0v) is 22.4.